The third-order valence-corrected chi connectivity index (χ3v) is 3.58. The van der Waals surface area contributed by atoms with E-state index in [1.165, 1.54) is 17.4 Å². The second-order valence-electron chi connectivity index (χ2n) is 3.85. The highest BCUT2D eigenvalue weighted by atomic mass is 32.1. The predicted molar refractivity (Wildman–Crippen MR) is 70.5 cm³/mol. The monoisotopic (exact) mass is 263 g/mol. The van der Waals surface area contributed by atoms with Crippen molar-refractivity contribution in [2.45, 2.75) is 19.5 Å². The lowest BCUT2D eigenvalue weighted by molar-refractivity contribution is -0.380. The molecule has 2 aromatic rings. The fourth-order valence-corrected chi connectivity index (χ4v) is 2.32. The fourth-order valence-electron chi connectivity index (χ4n) is 1.55. The molecule has 0 amide bonds. The third kappa shape index (κ3) is 3.12. The summed E-state index contributed by atoms with van der Waals surface area (Å²) in [7, 11) is 0. The number of thiophene rings is 1. The van der Waals surface area contributed by atoms with Crippen LogP contribution in [-0.2, 0) is 6.54 Å². The number of rotatable bonds is 5. The normalized spacial score (nSPS) is 12.3. The molecule has 0 aliphatic heterocycles. The van der Waals surface area contributed by atoms with Gasteiger partial charge < -0.3 is 5.32 Å². The van der Waals surface area contributed by atoms with E-state index in [1.807, 2.05) is 25.1 Å². The lowest BCUT2D eigenvalue weighted by atomic mass is 10.2. The lowest BCUT2D eigenvalue weighted by Gasteiger charge is -2.11. The first kappa shape index (κ1) is 12.7. The summed E-state index contributed by atoms with van der Waals surface area (Å²) < 4.78 is 0. The van der Waals surface area contributed by atoms with Gasteiger partial charge >= 0.3 is 5.00 Å². The zero-order valence-corrected chi connectivity index (χ0v) is 10.7. The van der Waals surface area contributed by atoms with E-state index in [4.69, 9.17) is 0 Å². The van der Waals surface area contributed by atoms with Crippen LogP contribution in [-0.4, -0.2) is 9.91 Å². The van der Waals surface area contributed by atoms with Crippen molar-refractivity contribution in [1.29, 1.82) is 0 Å². The molecule has 2 heterocycles. The van der Waals surface area contributed by atoms with Crippen LogP contribution in [0, 0.1) is 10.1 Å². The molecule has 0 unspecified atom stereocenters. The molecule has 2 rings (SSSR count). The summed E-state index contributed by atoms with van der Waals surface area (Å²) in [6.45, 7) is 2.63. The van der Waals surface area contributed by atoms with Crippen LogP contribution in [0.2, 0.25) is 0 Å². The average Bonchev–Trinajstić information content (AvgIpc) is 2.86. The Kier molecular flexibility index (Phi) is 4.01. The second kappa shape index (κ2) is 5.70. The zero-order valence-electron chi connectivity index (χ0n) is 9.87. The molecular weight excluding hydrogens is 250 g/mol. The summed E-state index contributed by atoms with van der Waals surface area (Å²) in [4.78, 5) is 15.4. The van der Waals surface area contributed by atoms with E-state index in [1.54, 1.807) is 12.3 Å². The maximum absolute atomic E-state index is 10.6. The van der Waals surface area contributed by atoms with E-state index in [0.29, 0.717) is 6.54 Å². The van der Waals surface area contributed by atoms with Gasteiger partial charge in [-0.05, 0) is 25.1 Å². The van der Waals surface area contributed by atoms with Crippen LogP contribution in [0.5, 0.6) is 0 Å². The van der Waals surface area contributed by atoms with Gasteiger partial charge in [0.15, 0.2) is 0 Å². The first-order valence-corrected chi connectivity index (χ1v) is 6.36. The SMILES string of the molecule is C[C@H](NCc1ccc([N+](=O)[O-])s1)c1ccccn1. The van der Waals surface area contributed by atoms with Crippen LogP contribution in [0.15, 0.2) is 36.5 Å². The largest absolute Gasteiger partial charge is 0.324 e. The zero-order chi connectivity index (χ0) is 13.0. The van der Waals surface area contributed by atoms with E-state index in [2.05, 4.69) is 10.3 Å². The van der Waals surface area contributed by atoms with Crippen molar-refractivity contribution in [2.75, 3.05) is 0 Å². The van der Waals surface area contributed by atoms with E-state index < -0.39 is 0 Å². The van der Waals surface area contributed by atoms with Gasteiger partial charge in [0, 0.05) is 29.7 Å². The molecule has 5 nitrogen and oxygen atoms in total. The molecule has 94 valence electrons. The van der Waals surface area contributed by atoms with E-state index in [0.717, 1.165) is 10.6 Å². The molecule has 0 saturated carbocycles. The van der Waals surface area contributed by atoms with Crippen LogP contribution in [0.4, 0.5) is 5.00 Å². The van der Waals surface area contributed by atoms with Crippen molar-refractivity contribution in [2.24, 2.45) is 0 Å². The Morgan fingerprint density at radius 1 is 1.44 bits per heavy atom. The standard InChI is InChI=1S/C12H13N3O2S/c1-9(11-4-2-3-7-13-11)14-8-10-5-6-12(18-10)15(16)17/h2-7,9,14H,8H2,1H3/t9-/m0/s1. The van der Waals surface area contributed by atoms with Crippen LogP contribution in [0.3, 0.4) is 0 Å². The molecule has 0 aliphatic carbocycles. The van der Waals surface area contributed by atoms with Gasteiger partial charge in [-0.25, -0.2) is 0 Å². The number of hydrogen-bond donors (Lipinski definition) is 1. The smallest absolute Gasteiger partial charge is 0.304 e. The van der Waals surface area contributed by atoms with E-state index >= 15 is 0 Å². The van der Waals surface area contributed by atoms with Crippen molar-refractivity contribution in [3.63, 3.8) is 0 Å². The van der Waals surface area contributed by atoms with Crippen molar-refractivity contribution in [1.82, 2.24) is 10.3 Å². The number of pyridine rings is 1. The van der Waals surface area contributed by atoms with Gasteiger partial charge in [-0.15, -0.1) is 0 Å². The molecule has 1 atom stereocenters. The fraction of sp³-hybridized carbons (Fsp3) is 0.250. The number of nitro groups is 1. The van der Waals surface area contributed by atoms with Gasteiger partial charge in [0.1, 0.15) is 0 Å². The van der Waals surface area contributed by atoms with Crippen LogP contribution >= 0.6 is 11.3 Å². The summed E-state index contributed by atoms with van der Waals surface area (Å²) in [6, 6.07) is 9.20. The van der Waals surface area contributed by atoms with E-state index in [9.17, 15) is 10.1 Å². The van der Waals surface area contributed by atoms with Crippen molar-refractivity contribution in [3.8, 4) is 0 Å². The molecule has 6 heteroatoms. The highest BCUT2D eigenvalue weighted by Crippen LogP contribution is 2.24. The Morgan fingerprint density at radius 2 is 2.28 bits per heavy atom. The van der Waals surface area contributed by atoms with Crippen molar-refractivity contribution in [3.05, 3.63) is 57.2 Å². The number of nitrogens with zero attached hydrogens (tertiary/aromatic N) is 2. The maximum atomic E-state index is 10.6. The Morgan fingerprint density at radius 3 is 2.89 bits per heavy atom. The Bertz CT molecular complexity index is 527. The van der Waals surface area contributed by atoms with Crippen LogP contribution in [0.1, 0.15) is 23.5 Å². The summed E-state index contributed by atoms with van der Waals surface area (Å²) in [6.07, 6.45) is 1.75. The number of aromatic nitrogens is 1. The highest BCUT2D eigenvalue weighted by Gasteiger charge is 2.11. The first-order valence-electron chi connectivity index (χ1n) is 5.54. The molecule has 2 aromatic heterocycles. The van der Waals surface area contributed by atoms with Gasteiger partial charge in [-0.1, -0.05) is 17.4 Å². The highest BCUT2D eigenvalue weighted by molar-refractivity contribution is 7.15. The second-order valence-corrected chi connectivity index (χ2v) is 5.00. The first-order chi connectivity index (χ1) is 8.66. The molecule has 0 aliphatic rings. The Hall–Kier alpha value is -1.79. The molecule has 18 heavy (non-hydrogen) atoms. The predicted octanol–water partition coefficient (Wildman–Crippen LogP) is 2.90. The van der Waals surface area contributed by atoms with Crippen molar-refractivity contribution < 1.29 is 4.92 Å². The summed E-state index contributed by atoms with van der Waals surface area (Å²) in [5.41, 5.74) is 0.962. The quantitative estimate of drug-likeness (QED) is 0.665. The molecular formula is C12H13N3O2S. The van der Waals surface area contributed by atoms with Gasteiger partial charge in [-0.3, -0.25) is 15.1 Å². The minimum Gasteiger partial charge on any atom is -0.304 e. The average molecular weight is 263 g/mol. The molecule has 0 radical (unpaired) electrons. The van der Waals surface area contributed by atoms with Crippen molar-refractivity contribution >= 4 is 16.3 Å². The molecule has 0 saturated heterocycles. The molecule has 0 bridgehead atoms. The van der Waals surface area contributed by atoms with Gasteiger partial charge in [-0.2, -0.15) is 0 Å². The minimum absolute atomic E-state index is 0.118. The minimum atomic E-state index is -0.365. The Labute approximate surface area is 109 Å². The van der Waals surface area contributed by atoms with E-state index in [-0.39, 0.29) is 16.0 Å². The number of hydrogen-bond acceptors (Lipinski definition) is 5. The van der Waals surface area contributed by atoms with Gasteiger partial charge in [0.25, 0.3) is 0 Å². The molecule has 0 aromatic carbocycles. The van der Waals surface area contributed by atoms with Crippen LogP contribution in [0.25, 0.3) is 0 Å². The lowest BCUT2D eigenvalue weighted by Crippen LogP contribution is -2.18. The summed E-state index contributed by atoms with van der Waals surface area (Å²) in [5, 5.41) is 14.0. The van der Waals surface area contributed by atoms with Gasteiger partial charge in [0.2, 0.25) is 0 Å². The van der Waals surface area contributed by atoms with Crippen LogP contribution < -0.4 is 5.32 Å². The number of nitrogens with one attached hydrogen (secondary N) is 1. The molecule has 0 fully saturated rings. The summed E-state index contributed by atoms with van der Waals surface area (Å²) >= 11 is 1.20. The van der Waals surface area contributed by atoms with Gasteiger partial charge in [0.05, 0.1) is 10.6 Å². The summed E-state index contributed by atoms with van der Waals surface area (Å²) in [5.74, 6) is 0. The molecule has 0 spiro atoms. The topological polar surface area (TPSA) is 68.1 Å². The third-order valence-electron chi connectivity index (χ3n) is 2.54. The maximum Gasteiger partial charge on any atom is 0.324 e. The molecule has 1 N–H and O–H groups in total. The Balaban J connectivity index is 1.93.